The predicted octanol–water partition coefficient (Wildman–Crippen LogP) is 2.33. The van der Waals surface area contributed by atoms with Gasteiger partial charge in [-0.25, -0.2) is 4.79 Å². The lowest BCUT2D eigenvalue weighted by Gasteiger charge is -2.27. The van der Waals surface area contributed by atoms with Crippen molar-refractivity contribution in [3.05, 3.63) is 48.2 Å². The number of nitrogens with one attached hydrogen (secondary N) is 2. The summed E-state index contributed by atoms with van der Waals surface area (Å²) in [5.74, 6) is 0. The minimum atomic E-state index is -4.95. The Morgan fingerprint density at radius 1 is 1.26 bits per heavy atom. The molecular weight excluding hydrogens is 313 g/mol. The average Bonchev–Trinajstić information content (AvgIpc) is 2.51. The number of benzene rings is 1. The van der Waals surface area contributed by atoms with E-state index in [2.05, 4.69) is 10.1 Å². The first-order valence-corrected chi connectivity index (χ1v) is 6.92. The minimum absolute atomic E-state index is 0.159. The highest BCUT2D eigenvalue weighted by atomic mass is 19.4. The summed E-state index contributed by atoms with van der Waals surface area (Å²) in [6, 6.07) is 8.05. The van der Waals surface area contributed by atoms with E-state index < -0.39 is 24.4 Å². The summed E-state index contributed by atoms with van der Waals surface area (Å²) in [7, 11) is 0. The molecule has 3 N–H and O–H groups in total. The second-order valence-electron chi connectivity index (χ2n) is 4.70. The van der Waals surface area contributed by atoms with E-state index in [1.165, 1.54) is 0 Å². The second kappa shape index (κ2) is 8.42. The lowest BCUT2D eigenvalue weighted by atomic mass is 10.0. The van der Waals surface area contributed by atoms with Gasteiger partial charge < -0.3 is 20.5 Å². The molecule has 0 bridgehead atoms. The first kappa shape index (κ1) is 18.8. The fourth-order valence-corrected chi connectivity index (χ4v) is 1.57. The van der Waals surface area contributed by atoms with Crippen LogP contribution in [0.15, 0.2) is 42.7 Å². The van der Waals surface area contributed by atoms with Crippen molar-refractivity contribution in [2.75, 3.05) is 13.2 Å². The predicted molar refractivity (Wildman–Crippen MR) is 78.5 cm³/mol. The van der Waals surface area contributed by atoms with E-state index >= 15 is 0 Å². The molecule has 1 atom stereocenters. The summed E-state index contributed by atoms with van der Waals surface area (Å²) in [5, 5.41) is 14.1. The number of ether oxygens (including phenoxy) is 1. The molecule has 8 heteroatoms. The summed E-state index contributed by atoms with van der Waals surface area (Å²) in [4.78, 5) is 11.6. The summed E-state index contributed by atoms with van der Waals surface area (Å²) in [6.45, 7) is 0.883. The smallest absolute Gasteiger partial charge is 0.422 e. The Morgan fingerprint density at radius 2 is 1.91 bits per heavy atom. The van der Waals surface area contributed by atoms with Crippen LogP contribution in [0.4, 0.5) is 18.0 Å². The number of hydrogen-bond donors (Lipinski definition) is 3. The number of aliphatic hydroxyl groups is 1. The Balaban J connectivity index is 2.55. The molecule has 1 rings (SSSR count). The molecule has 0 spiro atoms. The number of rotatable bonds is 7. The number of hydrogen-bond acceptors (Lipinski definition) is 3. The Labute approximate surface area is 132 Å². The number of carbonyl (C=O) groups excluding carboxylic acids is 1. The zero-order valence-electron chi connectivity index (χ0n) is 12.6. The van der Waals surface area contributed by atoms with Crippen molar-refractivity contribution in [2.24, 2.45) is 0 Å². The van der Waals surface area contributed by atoms with Crippen molar-refractivity contribution in [2.45, 2.75) is 25.2 Å². The van der Waals surface area contributed by atoms with Gasteiger partial charge in [-0.1, -0.05) is 30.3 Å². The first-order chi connectivity index (χ1) is 10.8. The van der Waals surface area contributed by atoms with E-state index in [1.807, 2.05) is 5.32 Å². The van der Waals surface area contributed by atoms with Crippen LogP contribution in [-0.4, -0.2) is 36.1 Å². The summed E-state index contributed by atoms with van der Waals surface area (Å²) >= 11 is 0. The number of amides is 2. The van der Waals surface area contributed by atoms with Crippen LogP contribution in [0.5, 0.6) is 0 Å². The standard InChI is InChI=1S/C15H19F3N2O3/c1-2-23-9-8-14(22,15(16,17)18)11-20-13(21)19-10-12-6-4-3-5-7-12/h3-9,22H,2,10-11H2,1H3,(H2,19,20,21)/b9-8+. The normalized spacial score (nSPS) is 14.3. The SMILES string of the molecule is CCO/C=C/C(O)(CNC(=O)NCc1ccccc1)C(F)(F)F. The van der Waals surface area contributed by atoms with Crippen LogP contribution in [0.2, 0.25) is 0 Å². The monoisotopic (exact) mass is 332 g/mol. The maximum atomic E-state index is 12.9. The summed E-state index contributed by atoms with van der Waals surface area (Å²) in [5.41, 5.74) is -2.41. The minimum Gasteiger partial charge on any atom is -0.502 e. The highest BCUT2D eigenvalue weighted by molar-refractivity contribution is 5.74. The van der Waals surface area contributed by atoms with Gasteiger partial charge >= 0.3 is 12.2 Å². The van der Waals surface area contributed by atoms with Gasteiger partial charge in [-0.05, 0) is 18.6 Å². The van der Waals surface area contributed by atoms with Crippen molar-refractivity contribution in [3.8, 4) is 0 Å². The molecule has 0 aliphatic rings. The highest BCUT2D eigenvalue weighted by Gasteiger charge is 2.52. The van der Waals surface area contributed by atoms with E-state index in [9.17, 15) is 23.1 Å². The number of alkyl halides is 3. The molecule has 128 valence electrons. The quantitative estimate of drug-likeness (QED) is 0.671. The first-order valence-electron chi connectivity index (χ1n) is 6.92. The van der Waals surface area contributed by atoms with E-state index in [0.29, 0.717) is 6.08 Å². The Morgan fingerprint density at radius 3 is 2.48 bits per heavy atom. The molecule has 0 aliphatic heterocycles. The van der Waals surface area contributed by atoms with Gasteiger partial charge in [-0.2, -0.15) is 13.2 Å². The van der Waals surface area contributed by atoms with Gasteiger partial charge in [0.25, 0.3) is 0 Å². The molecule has 23 heavy (non-hydrogen) atoms. The summed E-state index contributed by atoms with van der Waals surface area (Å²) in [6.07, 6.45) is -3.72. The molecule has 0 fully saturated rings. The molecule has 0 saturated carbocycles. The van der Waals surface area contributed by atoms with Crippen molar-refractivity contribution in [1.29, 1.82) is 0 Å². The van der Waals surface area contributed by atoms with Crippen LogP contribution < -0.4 is 10.6 Å². The maximum Gasteiger partial charge on any atom is 0.422 e. The fourth-order valence-electron chi connectivity index (χ4n) is 1.57. The molecule has 0 radical (unpaired) electrons. The van der Waals surface area contributed by atoms with E-state index in [-0.39, 0.29) is 13.2 Å². The molecule has 0 aliphatic carbocycles. The van der Waals surface area contributed by atoms with Gasteiger partial charge in [0.1, 0.15) is 0 Å². The molecule has 1 unspecified atom stereocenters. The lowest BCUT2D eigenvalue weighted by Crippen LogP contribution is -2.53. The van der Waals surface area contributed by atoms with E-state index in [4.69, 9.17) is 0 Å². The van der Waals surface area contributed by atoms with Crippen LogP contribution in [-0.2, 0) is 11.3 Å². The van der Waals surface area contributed by atoms with E-state index in [0.717, 1.165) is 11.8 Å². The van der Waals surface area contributed by atoms with Gasteiger partial charge in [0.15, 0.2) is 5.60 Å². The Hall–Kier alpha value is -2.22. The Kier molecular flexibility index (Phi) is 6.89. The van der Waals surface area contributed by atoms with E-state index in [1.54, 1.807) is 37.3 Å². The molecular formula is C15H19F3N2O3. The van der Waals surface area contributed by atoms with Crippen LogP contribution in [0.1, 0.15) is 12.5 Å². The van der Waals surface area contributed by atoms with Gasteiger partial charge in [0.05, 0.1) is 19.4 Å². The van der Waals surface area contributed by atoms with Gasteiger partial charge in [0.2, 0.25) is 0 Å². The average molecular weight is 332 g/mol. The number of carbonyl (C=O) groups is 1. The Bertz CT molecular complexity index is 520. The topological polar surface area (TPSA) is 70.6 Å². The highest BCUT2D eigenvalue weighted by Crippen LogP contribution is 2.31. The third kappa shape index (κ3) is 6.19. The van der Waals surface area contributed by atoms with Crippen LogP contribution in [0.3, 0.4) is 0 Å². The van der Waals surface area contributed by atoms with Crippen LogP contribution in [0.25, 0.3) is 0 Å². The number of halogens is 3. The van der Waals surface area contributed by atoms with Crippen LogP contribution in [0, 0.1) is 0 Å². The zero-order chi connectivity index (χ0) is 17.3. The molecule has 1 aromatic carbocycles. The molecule has 0 saturated heterocycles. The number of urea groups is 1. The van der Waals surface area contributed by atoms with Gasteiger partial charge in [-0.15, -0.1) is 0 Å². The maximum absolute atomic E-state index is 12.9. The molecule has 5 nitrogen and oxygen atoms in total. The fraction of sp³-hybridized carbons (Fsp3) is 0.400. The zero-order valence-corrected chi connectivity index (χ0v) is 12.6. The van der Waals surface area contributed by atoms with Crippen molar-refractivity contribution in [3.63, 3.8) is 0 Å². The second-order valence-corrected chi connectivity index (χ2v) is 4.70. The molecule has 0 heterocycles. The third-order valence-corrected chi connectivity index (χ3v) is 2.91. The molecule has 0 aromatic heterocycles. The largest absolute Gasteiger partial charge is 0.502 e. The summed E-state index contributed by atoms with van der Waals surface area (Å²) < 4.78 is 43.4. The van der Waals surface area contributed by atoms with Crippen molar-refractivity contribution >= 4 is 6.03 Å². The van der Waals surface area contributed by atoms with Crippen molar-refractivity contribution < 1.29 is 27.8 Å². The van der Waals surface area contributed by atoms with Crippen LogP contribution >= 0.6 is 0 Å². The lowest BCUT2D eigenvalue weighted by molar-refractivity contribution is -0.237. The van der Waals surface area contributed by atoms with Gasteiger partial charge in [-0.3, -0.25) is 0 Å². The van der Waals surface area contributed by atoms with Gasteiger partial charge in [0, 0.05) is 6.54 Å². The van der Waals surface area contributed by atoms with Crippen molar-refractivity contribution in [1.82, 2.24) is 10.6 Å². The molecule has 2 amide bonds. The third-order valence-electron chi connectivity index (χ3n) is 2.91. The molecule has 1 aromatic rings.